The van der Waals surface area contributed by atoms with Crippen LogP contribution in [0.3, 0.4) is 0 Å². The van der Waals surface area contributed by atoms with Crippen LogP contribution >= 0.6 is 34.8 Å². The van der Waals surface area contributed by atoms with Gasteiger partial charge in [-0.2, -0.15) is 5.10 Å². The zero-order chi connectivity index (χ0) is 14.7. The van der Waals surface area contributed by atoms with Gasteiger partial charge in [-0.05, 0) is 25.0 Å². The van der Waals surface area contributed by atoms with E-state index in [0.717, 1.165) is 24.9 Å². The summed E-state index contributed by atoms with van der Waals surface area (Å²) in [6.45, 7) is 4.33. The van der Waals surface area contributed by atoms with E-state index in [9.17, 15) is 0 Å². The second-order valence-corrected chi connectivity index (χ2v) is 6.33. The molecule has 5 heteroatoms. The van der Waals surface area contributed by atoms with Gasteiger partial charge in [0, 0.05) is 17.2 Å². The molecule has 1 aromatic rings. The van der Waals surface area contributed by atoms with Gasteiger partial charge in [0.2, 0.25) is 0 Å². The normalized spacial score (nSPS) is 18.6. The van der Waals surface area contributed by atoms with Gasteiger partial charge in [-0.25, -0.2) is 0 Å². The van der Waals surface area contributed by atoms with Gasteiger partial charge in [-0.1, -0.05) is 61.5 Å². The second kappa shape index (κ2) is 7.02. The molecule has 0 spiro atoms. The number of rotatable bonds is 5. The maximum absolute atomic E-state index is 6.33. The first-order chi connectivity index (χ1) is 9.56. The van der Waals surface area contributed by atoms with Gasteiger partial charge in [-0.3, -0.25) is 5.01 Å². The molecule has 0 N–H and O–H groups in total. The van der Waals surface area contributed by atoms with Crippen molar-refractivity contribution in [2.75, 3.05) is 5.01 Å². The zero-order valence-corrected chi connectivity index (χ0v) is 14.1. The fourth-order valence-electron chi connectivity index (χ4n) is 2.50. The third kappa shape index (κ3) is 3.41. The Bertz CT molecular complexity index is 491. The van der Waals surface area contributed by atoms with E-state index in [4.69, 9.17) is 39.9 Å². The summed E-state index contributed by atoms with van der Waals surface area (Å²) < 4.78 is 0. The minimum Gasteiger partial charge on any atom is -0.259 e. The van der Waals surface area contributed by atoms with Crippen molar-refractivity contribution in [2.24, 2.45) is 5.10 Å². The van der Waals surface area contributed by atoms with Crippen LogP contribution in [-0.4, -0.2) is 11.8 Å². The van der Waals surface area contributed by atoms with Gasteiger partial charge in [0.1, 0.15) is 0 Å². The molecule has 20 heavy (non-hydrogen) atoms. The summed E-state index contributed by atoms with van der Waals surface area (Å²) >= 11 is 18.6. The quantitative estimate of drug-likeness (QED) is 0.628. The van der Waals surface area contributed by atoms with Crippen molar-refractivity contribution in [1.82, 2.24) is 0 Å². The third-order valence-electron chi connectivity index (χ3n) is 3.58. The van der Waals surface area contributed by atoms with E-state index < -0.39 is 0 Å². The van der Waals surface area contributed by atoms with Crippen LogP contribution in [0.2, 0.25) is 15.1 Å². The Morgan fingerprint density at radius 2 is 1.85 bits per heavy atom. The number of hydrogen-bond acceptors (Lipinski definition) is 2. The van der Waals surface area contributed by atoms with Crippen LogP contribution in [0.15, 0.2) is 17.2 Å². The van der Waals surface area contributed by atoms with Crippen molar-refractivity contribution in [2.45, 2.75) is 52.0 Å². The van der Waals surface area contributed by atoms with Gasteiger partial charge in [-0.15, -0.1) is 0 Å². The summed E-state index contributed by atoms with van der Waals surface area (Å²) in [6, 6.07) is 3.79. The number of hydrazone groups is 1. The highest BCUT2D eigenvalue weighted by Gasteiger charge is 2.29. The minimum absolute atomic E-state index is 0.348. The van der Waals surface area contributed by atoms with E-state index in [2.05, 4.69) is 13.8 Å². The van der Waals surface area contributed by atoms with E-state index in [1.54, 1.807) is 12.1 Å². The van der Waals surface area contributed by atoms with Crippen molar-refractivity contribution in [3.63, 3.8) is 0 Å². The van der Waals surface area contributed by atoms with Crippen molar-refractivity contribution in [3.05, 3.63) is 27.2 Å². The lowest BCUT2D eigenvalue weighted by Crippen LogP contribution is -2.26. The van der Waals surface area contributed by atoms with Gasteiger partial charge in [0.15, 0.2) is 0 Å². The lowest BCUT2D eigenvalue weighted by atomic mass is 10.0. The molecular formula is C15H19Cl3N2. The van der Waals surface area contributed by atoms with Gasteiger partial charge in [0.05, 0.1) is 21.8 Å². The Kier molecular flexibility index (Phi) is 5.59. The fraction of sp³-hybridized carbons (Fsp3) is 0.533. The topological polar surface area (TPSA) is 15.6 Å². The lowest BCUT2D eigenvalue weighted by Gasteiger charge is -2.25. The van der Waals surface area contributed by atoms with E-state index in [1.807, 2.05) is 5.01 Å². The van der Waals surface area contributed by atoms with Gasteiger partial charge < -0.3 is 0 Å². The molecule has 0 saturated carbocycles. The number of nitrogens with zero attached hydrogens (tertiary/aromatic N) is 2. The average Bonchev–Trinajstić information content (AvgIpc) is 2.78. The third-order valence-corrected chi connectivity index (χ3v) is 4.37. The van der Waals surface area contributed by atoms with Crippen molar-refractivity contribution in [1.29, 1.82) is 0 Å². The maximum atomic E-state index is 6.33. The first-order valence-electron chi connectivity index (χ1n) is 7.06. The Hall–Kier alpha value is -0.440. The lowest BCUT2D eigenvalue weighted by molar-refractivity contribution is 0.571. The number of anilines is 1. The first kappa shape index (κ1) is 15.9. The van der Waals surface area contributed by atoms with E-state index in [1.165, 1.54) is 18.6 Å². The van der Waals surface area contributed by atoms with Crippen LogP contribution in [0, 0.1) is 0 Å². The van der Waals surface area contributed by atoms with E-state index in [-0.39, 0.29) is 0 Å². The molecular weight excluding hydrogens is 315 g/mol. The Morgan fingerprint density at radius 1 is 1.20 bits per heavy atom. The predicted octanol–water partition coefficient (Wildman–Crippen LogP) is 6.18. The summed E-state index contributed by atoms with van der Waals surface area (Å²) in [6.07, 6.45) is 5.40. The molecule has 0 amide bonds. The fourth-order valence-corrected chi connectivity index (χ4v) is 3.49. The number of benzene rings is 1. The second-order valence-electron chi connectivity index (χ2n) is 5.08. The average molecular weight is 334 g/mol. The van der Waals surface area contributed by atoms with Crippen LogP contribution in [0.4, 0.5) is 5.69 Å². The molecule has 110 valence electrons. The number of unbranched alkanes of at least 4 members (excludes halogenated alkanes) is 1. The van der Waals surface area contributed by atoms with Crippen LogP contribution in [-0.2, 0) is 0 Å². The predicted molar refractivity (Wildman–Crippen MR) is 89.6 cm³/mol. The molecule has 1 atom stereocenters. The molecule has 0 fully saturated rings. The van der Waals surface area contributed by atoms with Crippen LogP contribution in [0.25, 0.3) is 0 Å². The van der Waals surface area contributed by atoms with Crippen molar-refractivity contribution < 1.29 is 0 Å². The molecule has 1 unspecified atom stereocenters. The molecule has 1 aromatic carbocycles. The van der Waals surface area contributed by atoms with Crippen LogP contribution in [0.5, 0.6) is 0 Å². The number of halogens is 3. The minimum atomic E-state index is 0.348. The molecule has 0 radical (unpaired) electrons. The highest BCUT2D eigenvalue weighted by atomic mass is 35.5. The van der Waals surface area contributed by atoms with Crippen LogP contribution in [0.1, 0.15) is 46.0 Å². The molecule has 0 aromatic heterocycles. The summed E-state index contributed by atoms with van der Waals surface area (Å²) in [4.78, 5) is 0. The molecule has 1 aliphatic heterocycles. The SMILES string of the molecule is CCCCC1CC(CC)=NN1c1c(Cl)cc(Cl)cc1Cl. The number of hydrogen-bond donors (Lipinski definition) is 0. The molecule has 1 heterocycles. The van der Waals surface area contributed by atoms with Crippen molar-refractivity contribution >= 4 is 46.2 Å². The summed E-state index contributed by atoms with van der Waals surface area (Å²) in [5.74, 6) is 0. The Balaban J connectivity index is 2.34. The van der Waals surface area contributed by atoms with Gasteiger partial charge >= 0.3 is 0 Å². The zero-order valence-electron chi connectivity index (χ0n) is 11.8. The summed E-state index contributed by atoms with van der Waals surface area (Å²) in [5.41, 5.74) is 1.98. The Labute approximate surface area is 135 Å². The monoisotopic (exact) mass is 332 g/mol. The molecule has 1 aliphatic rings. The molecule has 0 aliphatic carbocycles. The summed E-state index contributed by atoms with van der Waals surface area (Å²) in [7, 11) is 0. The van der Waals surface area contributed by atoms with Crippen molar-refractivity contribution in [3.8, 4) is 0 Å². The van der Waals surface area contributed by atoms with E-state index in [0.29, 0.717) is 21.1 Å². The summed E-state index contributed by atoms with van der Waals surface area (Å²) in [5, 5.41) is 8.37. The largest absolute Gasteiger partial charge is 0.259 e. The smallest absolute Gasteiger partial charge is 0.0970 e. The highest BCUT2D eigenvalue weighted by Crippen LogP contribution is 2.40. The maximum Gasteiger partial charge on any atom is 0.0970 e. The molecule has 0 bridgehead atoms. The van der Waals surface area contributed by atoms with Crippen LogP contribution < -0.4 is 5.01 Å². The Morgan fingerprint density at radius 3 is 2.40 bits per heavy atom. The van der Waals surface area contributed by atoms with E-state index >= 15 is 0 Å². The highest BCUT2D eigenvalue weighted by molar-refractivity contribution is 6.41. The standard InChI is InChI=1S/C15H19Cl3N2/c1-3-5-6-12-9-11(4-2)19-20(12)15-13(17)7-10(16)8-14(15)18/h7-8,12H,3-6,9H2,1-2H3. The first-order valence-corrected chi connectivity index (χ1v) is 8.20. The molecule has 2 rings (SSSR count). The molecule has 2 nitrogen and oxygen atoms in total. The van der Waals surface area contributed by atoms with Gasteiger partial charge in [0.25, 0.3) is 0 Å². The molecule has 0 saturated heterocycles.